The lowest BCUT2D eigenvalue weighted by atomic mass is 9.64. The minimum absolute atomic E-state index is 0.00551. The summed E-state index contributed by atoms with van der Waals surface area (Å²) in [5, 5.41) is 20.1. The molecule has 5 unspecified atom stereocenters. The van der Waals surface area contributed by atoms with Crippen molar-refractivity contribution in [1.82, 2.24) is 0 Å². The lowest BCUT2D eigenvalue weighted by Crippen LogP contribution is -2.46. The van der Waals surface area contributed by atoms with E-state index in [1.807, 2.05) is 0 Å². The van der Waals surface area contributed by atoms with Gasteiger partial charge in [-0.1, -0.05) is 44.1 Å². The van der Waals surface area contributed by atoms with E-state index in [1.165, 1.54) is 30.4 Å². The summed E-state index contributed by atoms with van der Waals surface area (Å²) in [4.78, 5) is 0. The van der Waals surface area contributed by atoms with Crippen molar-refractivity contribution in [3.05, 3.63) is 34.4 Å². The third-order valence-corrected chi connectivity index (χ3v) is 7.37. The lowest BCUT2D eigenvalue weighted by molar-refractivity contribution is -0.257. The predicted octanol–water partition coefficient (Wildman–Crippen LogP) is 4.28. The topological polar surface area (TPSA) is 58.9 Å². The largest absolute Gasteiger partial charge is 0.391 e. The second-order valence-electron chi connectivity index (χ2n) is 9.93. The summed E-state index contributed by atoms with van der Waals surface area (Å²) in [6, 6.07) is 0. The van der Waals surface area contributed by atoms with Crippen LogP contribution < -0.4 is 0 Å². The number of allylic oxidation sites excluding steroid dienone is 4. The van der Waals surface area contributed by atoms with Gasteiger partial charge >= 0.3 is 0 Å². The zero-order valence-electron chi connectivity index (χ0n) is 17.8. The maximum absolute atomic E-state index is 10.4. The molecule has 2 N–H and O–H groups in total. The van der Waals surface area contributed by atoms with Crippen LogP contribution in [0, 0.1) is 17.3 Å². The van der Waals surface area contributed by atoms with E-state index in [0.717, 1.165) is 12.8 Å². The van der Waals surface area contributed by atoms with E-state index >= 15 is 0 Å². The Morgan fingerprint density at radius 3 is 2.71 bits per heavy atom. The van der Waals surface area contributed by atoms with Crippen molar-refractivity contribution in [3.8, 4) is 0 Å². The van der Waals surface area contributed by atoms with Gasteiger partial charge in [-0.3, -0.25) is 0 Å². The van der Waals surface area contributed by atoms with Crippen molar-refractivity contribution in [2.24, 2.45) is 17.3 Å². The summed E-state index contributed by atoms with van der Waals surface area (Å²) in [5.41, 5.74) is 6.29. The number of aliphatic hydroxyl groups is 2. The monoisotopic (exact) mass is 388 g/mol. The quantitative estimate of drug-likeness (QED) is 0.758. The third-order valence-electron chi connectivity index (χ3n) is 7.37. The fourth-order valence-corrected chi connectivity index (χ4v) is 5.80. The van der Waals surface area contributed by atoms with Crippen LogP contribution in [0.1, 0.15) is 66.2 Å². The van der Waals surface area contributed by atoms with Gasteiger partial charge in [0.15, 0.2) is 6.29 Å². The van der Waals surface area contributed by atoms with Crippen LogP contribution in [0.5, 0.6) is 0 Å². The van der Waals surface area contributed by atoms with Crippen LogP contribution in [0.4, 0.5) is 0 Å². The zero-order chi connectivity index (χ0) is 20.1. The molecule has 1 aliphatic heterocycles. The van der Waals surface area contributed by atoms with Gasteiger partial charge in [-0.2, -0.15) is 0 Å². The highest BCUT2D eigenvalue weighted by Gasteiger charge is 2.47. The molecule has 1 heterocycles. The Bertz CT molecular complexity index is 703. The molecule has 0 aromatic rings. The molecule has 0 spiro atoms. The third kappa shape index (κ3) is 3.65. The molecule has 1 saturated heterocycles. The molecule has 2 fully saturated rings. The number of hydrogen-bond donors (Lipinski definition) is 2. The molecule has 0 bridgehead atoms. The van der Waals surface area contributed by atoms with Gasteiger partial charge in [-0.15, -0.1) is 0 Å². The summed E-state index contributed by atoms with van der Waals surface area (Å²) < 4.78 is 12.1. The van der Waals surface area contributed by atoms with Crippen molar-refractivity contribution >= 4 is 0 Å². The van der Waals surface area contributed by atoms with Crippen LogP contribution >= 0.6 is 0 Å². The minimum atomic E-state index is -0.769. The van der Waals surface area contributed by atoms with Gasteiger partial charge in [0.1, 0.15) is 6.10 Å². The Morgan fingerprint density at radius 2 is 2.00 bits per heavy atom. The highest BCUT2D eigenvalue weighted by Crippen LogP contribution is 2.58. The molecule has 6 atom stereocenters. The van der Waals surface area contributed by atoms with Crippen molar-refractivity contribution in [2.45, 2.75) is 90.8 Å². The first kappa shape index (κ1) is 20.3. The van der Waals surface area contributed by atoms with Gasteiger partial charge < -0.3 is 19.7 Å². The molecular formula is C24H36O4. The van der Waals surface area contributed by atoms with Crippen molar-refractivity contribution < 1.29 is 19.7 Å². The molecule has 1 saturated carbocycles. The summed E-state index contributed by atoms with van der Waals surface area (Å²) in [5.74, 6) is 0.917. The highest BCUT2D eigenvalue weighted by molar-refractivity contribution is 5.50. The summed E-state index contributed by atoms with van der Waals surface area (Å²) in [7, 11) is 0. The Labute approximate surface area is 169 Å². The number of rotatable bonds is 3. The maximum atomic E-state index is 10.4. The first-order valence-electron chi connectivity index (χ1n) is 11.0. The molecule has 4 nitrogen and oxygen atoms in total. The molecule has 0 aromatic carbocycles. The fourth-order valence-electron chi connectivity index (χ4n) is 5.80. The normalized spacial score (nSPS) is 41.3. The molecule has 0 radical (unpaired) electrons. The van der Waals surface area contributed by atoms with Crippen LogP contribution in [0.25, 0.3) is 0 Å². The van der Waals surface area contributed by atoms with E-state index in [1.54, 1.807) is 11.1 Å². The van der Waals surface area contributed by atoms with Gasteiger partial charge in [0.25, 0.3) is 0 Å². The lowest BCUT2D eigenvalue weighted by Gasteiger charge is -2.43. The van der Waals surface area contributed by atoms with E-state index in [4.69, 9.17) is 9.47 Å². The Kier molecular flexibility index (Phi) is 5.60. The molecule has 4 heteroatoms. The Morgan fingerprint density at radius 1 is 1.21 bits per heavy atom. The van der Waals surface area contributed by atoms with Crippen LogP contribution in [-0.4, -0.2) is 41.4 Å². The standard InChI is InChI=1S/C24H36O4/c1-14(2)17-7-9-24(4)10-8-18-19(22(17)24)6-5-15(3)11-21(18)28-23-20(26)12-16(25)13-27-23/h5-6,14,16,18,20-21,23,25-26H,7-13H2,1-4H3/t16?,18?,20?,21?,23-,24?/m0/s1. The number of aliphatic hydroxyl groups excluding tert-OH is 2. The van der Waals surface area contributed by atoms with Gasteiger partial charge in [0.05, 0.1) is 18.8 Å². The summed E-state index contributed by atoms with van der Waals surface area (Å²) in [6.45, 7) is 9.49. The zero-order valence-corrected chi connectivity index (χ0v) is 17.8. The molecule has 3 aliphatic carbocycles. The van der Waals surface area contributed by atoms with Crippen LogP contribution in [0.2, 0.25) is 0 Å². The van der Waals surface area contributed by atoms with E-state index in [0.29, 0.717) is 23.7 Å². The van der Waals surface area contributed by atoms with Gasteiger partial charge in [0, 0.05) is 12.3 Å². The number of fused-ring (bicyclic) bond motifs is 3. The van der Waals surface area contributed by atoms with Crippen molar-refractivity contribution in [1.29, 1.82) is 0 Å². The highest BCUT2D eigenvalue weighted by atomic mass is 16.7. The van der Waals surface area contributed by atoms with Crippen LogP contribution in [0.3, 0.4) is 0 Å². The molecule has 0 aromatic heterocycles. The minimum Gasteiger partial charge on any atom is -0.391 e. The fraction of sp³-hybridized carbons (Fsp3) is 0.750. The average molecular weight is 389 g/mol. The van der Waals surface area contributed by atoms with Crippen molar-refractivity contribution in [2.75, 3.05) is 6.61 Å². The van der Waals surface area contributed by atoms with E-state index in [2.05, 4.69) is 39.8 Å². The number of hydrogen-bond acceptors (Lipinski definition) is 4. The van der Waals surface area contributed by atoms with E-state index in [9.17, 15) is 10.2 Å². The van der Waals surface area contributed by atoms with Gasteiger partial charge in [-0.05, 0) is 61.5 Å². The Balaban J connectivity index is 1.64. The van der Waals surface area contributed by atoms with Crippen LogP contribution in [0.15, 0.2) is 34.4 Å². The van der Waals surface area contributed by atoms with Gasteiger partial charge in [-0.25, -0.2) is 0 Å². The molecule has 28 heavy (non-hydrogen) atoms. The van der Waals surface area contributed by atoms with Gasteiger partial charge in [0.2, 0.25) is 0 Å². The first-order valence-corrected chi connectivity index (χ1v) is 11.0. The number of ether oxygens (including phenoxy) is 2. The molecular weight excluding hydrogens is 352 g/mol. The molecule has 0 amide bonds. The molecule has 156 valence electrons. The molecule has 4 aliphatic rings. The second-order valence-corrected chi connectivity index (χ2v) is 9.93. The van der Waals surface area contributed by atoms with E-state index < -0.39 is 18.5 Å². The smallest absolute Gasteiger partial charge is 0.183 e. The summed E-state index contributed by atoms with van der Waals surface area (Å²) >= 11 is 0. The van der Waals surface area contributed by atoms with Crippen molar-refractivity contribution in [3.63, 3.8) is 0 Å². The SMILES string of the molecule is CC1=CC=C2C3=C(C(C)C)CCC3(C)CCC2C(O[C@@H]2OCC(O)CC2O)C1. The summed E-state index contributed by atoms with van der Waals surface area (Å²) in [6.07, 6.45) is 8.58. The van der Waals surface area contributed by atoms with Crippen LogP contribution in [-0.2, 0) is 9.47 Å². The predicted molar refractivity (Wildman–Crippen MR) is 110 cm³/mol. The average Bonchev–Trinajstić information content (AvgIpc) is 2.91. The maximum Gasteiger partial charge on any atom is 0.183 e. The Hall–Kier alpha value is -0.940. The molecule has 4 rings (SSSR count). The second kappa shape index (κ2) is 7.71. The first-order chi connectivity index (χ1) is 13.3. The van der Waals surface area contributed by atoms with E-state index in [-0.39, 0.29) is 12.7 Å².